The van der Waals surface area contributed by atoms with Gasteiger partial charge in [-0.1, -0.05) is 19.3 Å². The van der Waals surface area contributed by atoms with Crippen molar-refractivity contribution >= 4 is 17.5 Å². The number of hydrogen-bond donors (Lipinski definition) is 2. The molecule has 0 aromatic carbocycles. The van der Waals surface area contributed by atoms with Crippen LogP contribution < -0.4 is 10.6 Å². The van der Waals surface area contributed by atoms with Crippen LogP contribution in [0.3, 0.4) is 0 Å². The van der Waals surface area contributed by atoms with Crippen molar-refractivity contribution in [3.63, 3.8) is 0 Å². The van der Waals surface area contributed by atoms with E-state index in [2.05, 4.69) is 37.5 Å². The summed E-state index contributed by atoms with van der Waals surface area (Å²) in [6, 6.07) is 4.19. The van der Waals surface area contributed by atoms with E-state index in [0.717, 1.165) is 5.82 Å². The van der Waals surface area contributed by atoms with Crippen LogP contribution in [0.1, 0.15) is 44.7 Å². The van der Waals surface area contributed by atoms with Crippen LogP contribution in [-0.2, 0) is 0 Å². The van der Waals surface area contributed by atoms with Crippen LogP contribution in [-0.4, -0.2) is 26.0 Å². The van der Waals surface area contributed by atoms with Crippen LogP contribution >= 0.6 is 0 Å². The molecule has 124 valence electrons. The lowest BCUT2D eigenvalue weighted by molar-refractivity contribution is 0.328. The molecule has 0 aliphatic heterocycles. The Balaban J connectivity index is 1.63. The van der Waals surface area contributed by atoms with Gasteiger partial charge in [-0.2, -0.15) is 5.26 Å². The van der Waals surface area contributed by atoms with Gasteiger partial charge in [-0.15, -0.1) is 0 Å². The predicted molar refractivity (Wildman–Crippen MR) is 91.7 cm³/mol. The maximum Gasteiger partial charge on any atom is 0.158 e. The van der Waals surface area contributed by atoms with Gasteiger partial charge in [0.05, 0.1) is 12.4 Å². The third-order valence-electron chi connectivity index (χ3n) is 4.42. The summed E-state index contributed by atoms with van der Waals surface area (Å²) in [4.78, 5) is 16.6. The molecule has 0 radical (unpaired) electrons. The molecular formula is C17H21N7. The molecule has 1 aliphatic rings. The fourth-order valence-electron chi connectivity index (χ4n) is 3.07. The van der Waals surface area contributed by atoms with Gasteiger partial charge in [0.2, 0.25) is 0 Å². The second-order valence-corrected chi connectivity index (χ2v) is 6.14. The lowest BCUT2D eigenvalue weighted by Crippen LogP contribution is -2.28. The lowest BCUT2D eigenvalue weighted by atomic mass is 9.84. The standard InChI is InChI=1S/C17H21N7/c1-12(13-5-3-2-4-6-13)23-15-7-16(22-11-21-15)24-17-10-19-14(8-18)9-20-17/h7,9-13H,2-6H2,1H3,(H2,20,21,22,23,24). The second-order valence-electron chi connectivity index (χ2n) is 6.14. The third kappa shape index (κ3) is 4.16. The average Bonchev–Trinajstić information content (AvgIpc) is 2.63. The van der Waals surface area contributed by atoms with E-state index in [-0.39, 0.29) is 5.69 Å². The van der Waals surface area contributed by atoms with E-state index in [1.165, 1.54) is 50.8 Å². The van der Waals surface area contributed by atoms with Gasteiger partial charge in [-0.25, -0.2) is 19.9 Å². The van der Waals surface area contributed by atoms with Crippen molar-refractivity contribution in [2.24, 2.45) is 5.92 Å². The molecule has 2 N–H and O–H groups in total. The van der Waals surface area contributed by atoms with Crippen molar-refractivity contribution in [3.8, 4) is 6.07 Å². The minimum atomic E-state index is 0.284. The molecule has 24 heavy (non-hydrogen) atoms. The maximum absolute atomic E-state index is 8.74. The lowest BCUT2D eigenvalue weighted by Gasteiger charge is -2.28. The number of nitrogens with one attached hydrogen (secondary N) is 2. The van der Waals surface area contributed by atoms with Crippen molar-refractivity contribution < 1.29 is 0 Å². The minimum Gasteiger partial charge on any atom is -0.367 e. The van der Waals surface area contributed by atoms with Gasteiger partial charge in [0, 0.05) is 12.1 Å². The Morgan fingerprint density at radius 1 is 1.04 bits per heavy atom. The number of nitrogens with zero attached hydrogens (tertiary/aromatic N) is 5. The summed E-state index contributed by atoms with van der Waals surface area (Å²) >= 11 is 0. The monoisotopic (exact) mass is 323 g/mol. The quantitative estimate of drug-likeness (QED) is 0.871. The Hall–Kier alpha value is -2.75. The first-order chi connectivity index (χ1) is 11.7. The largest absolute Gasteiger partial charge is 0.367 e. The summed E-state index contributed by atoms with van der Waals surface area (Å²) in [7, 11) is 0. The molecule has 0 saturated heterocycles. The van der Waals surface area contributed by atoms with Crippen molar-refractivity contribution in [3.05, 3.63) is 30.5 Å². The Morgan fingerprint density at radius 3 is 2.54 bits per heavy atom. The molecule has 3 rings (SSSR count). The predicted octanol–water partition coefficient (Wildman–Crippen LogP) is 3.26. The van der Waals surface area contributed by atoms with E-state index in [1.54, 1.807) is 0 Å². The molecule has 1 aliphatic carbocycles. The topological polar surface area (TPSA) is 99.4 Å². The van der Waals surface area contributed by atoms with Crippen LogP contribution in [0.15, 0.2) is 24.8 Å². The maximum atomic E-state index is 8.74. The zero-order valence-corrected chi connectivity index (χ0v) is 13.7. The highest BCUT2D eigenvalue weighted by Gasteiger charge is 2.20. The van der Waals surface area contributed by atoms with Gasteiger partial charge in [0.25, 0.3) is 0 Å². The minimum absolute atomic E-state index is 0.284. The molecule has 0 amide bonds. The summed E-state index contributed by atoms with van der Waals surface area (Å²) in [6.45, 7) is 2.22. The molecule has 2 aromatic heterocycles. The number of aromatic nitrogens is 4. The van der Waals surface area contributed by atoms with Gasteiger partial charge < -0.3 is 10.6 Å². The normalized spacial score (nSPS) is 16.2. The fraction of sp³-hybridized carbons (Fsp3) is 0.471. The average molecular weight is 323 g/mol. The summed E-state index contributed by atoms with van der Waals surface area (Å²) < 4.78 is 0. The van der Waals surface area contributed by atoms with Crippen LogP contribution in [0, 0.1) is 17.2 Å². The Bertz CT molecular complexity index is 702. The smallest absolute Gasteiger partial charge is 0.158 e. The Morgan fingerprint density at radius 2 is 1.83 bits per heavy atom. The van der Waals surface area contributed by atoms with Crippen molar-refractivity contribution in [2.75, 3.05) is 10.6 Å². The molecular weight excluding hydrogens is 302 g/mol. The Labute approximate surface area is 141 Å². The summed E-state index contributed by atoms with van der Waals surface area (Å²) in [5.74, 6) is 2.68. The van der Waals surface area contributed by atoms with Crippen molar-refractivity contribution in [1.29, 1.82) is 5.26 Å². The third-order valence-corrected chi connectivity index (χ3v) is 4.42. The van der Waals surface area contributed by atoms with E-state index in [0.29, 0.717) is 23.6 Å². The summed E-state index contributed by atoms with van der Waals surface area (Å²) in [5.41, 5.74) is 0.284. The molecule has 1 fully saturated rings. The van der Waals surface area contributed by atoms with Gasteiger partial charge in [0.15, 0.2) is 5.69 Å². The van der Waals surface area contributed by atoms with Crippen molar-refractivity contribution in [1.82, 2.24) is 19.9 Å². The van der Waals surface area contributed by atoms with Crippen LogP contribution in [0.5, 0.6) is 0 Å². The van der Waals surface area contributed by atoms with Gasteiger partial charge in [0.1, 0.15) is 29.9 Å². The summed E-state index contributed by atoms with van der Waals surface area (Å²) in [6.07, 6.45) is 11.0. The molecule has 2 heterocycles. The number of anilines is 3. The van der Waals surface area contributed by atoms with E-state index in [9.17, 15) is 0 Å². The zero-order valence-electron chi connectivity index (χ0n) is 13.7. The van der Waals surface area contributed by atoms with E-state index in [1.807, 2.05) is 12.1 Å². The first kappa shape index (κ1) is 16.1. The van der Waals surface area contributed by atoms with Crippen LogP contribution in [0.2, 0.25) is 0 Å². The highest BCUT2D eigenvalue weighted by atomic mass is 15.1. The highest BCUT2D eigenvalue weighted by Crippen LogP contribution is 2.28. The molecule has 7 nitrogen and oxygen atoms in total. The molecule has 2 aromatic rings. The SMILES string of the molecule is CC(Nc1cc(Nc2cnc(C#N)cn2)ncn1)C1CCCCC1. The molecule has 0 bridgehead atoms. The van der Waals surface area contributed by atoms with Gasteiger partial charge in [-0.3, -0.25) is 0 Å². The van der Waals surface area contributed by atoms with Crippen LogP contribution in [0.25, 0.3) is 0 Å². The number of rotatable bonds is 5. The number of hydrogen-bond acceptors (Lipinski definition) is 7. The van der Waals surface area contributed by atoms with E-state index >= 15 is 0 Å². The highest BCUT2D eigenvalue weighted by molar-refractivity contribution is 5.55. The molecule has 7 heteroatoms. The number of nitriles is 1. The molecule has 1 unspecified atom stereocenters. The first-order valence-corrected chi connectivity index (χ1v) is 8.32. The molecule has 1 saturated carbocycles. The molecule has 1 atom stereocenters. The fourth-order valence-corrected chi connectivity index (χ4v) is 3.07. The summed E-state index contributed by atoms with van der Waals surface area (Å²) in [5, 5.41) is 15.3. The van der Waals surface area contributed by atoms with Crippen LogP contribution in [0.4, 0.5) is 17.5 Å². The first-order valence-electron chi connectivity index (χ1n) is 8.32. The second kappa shape index (κ2) is 7.68. The van der Waals surface area contributed by atoms with E-state index < -0.39 is 0 Å². The van der Waals surface area contributed by atoms with Gasteiger partial charge >= 0.3 is 0 Å². The van der Waals surface area contributed by atoms with Gasteiger partial charge in [-0.05, 0) is 25.7 Å². The zero-order chi connectivity index (χ0) is 16.8. The Kier molecular flexibility index (Phi) is 5.16. The van der Waals surface area contributed by atoms with Crippen molar-refractivity contribution in [2.45, 2.75) is 45.1 Å². The molecule has 0 spiro atoms. The van der Waals surface area contributed by atoms with E-state index in [4.69, 9.17) is 5.26 Å².